The Balaban J connectivity index is 2.51. The molecular formula is C18H31N5O. The standard InChI is InChI=1S/C18H31N5O/c1-5-6-10-21-18(19-2)22-14-15-8-7-9-16(13-15)17(24)20-11-12-23(3)4/h7-9,13H,5-6,10-12,14H2,1-4H3,(H,20,24)(H2,19,21,22). The van der Waals surface area contributed by atoms with Gasteiger partial charge >= 0.3 is 0 Å². The molecule has 0 unspecified atom stereocenters. The Morgan fingerprint density at radius 2 is 1.96 bits per heavy atom. The van der Waals surface area contributed by atoms with Gasteiger partial charge in [-0.2, -0.15) is 0 Å². The Bertz CT molecular complexity index is 528. The lowest BCUT2D eigenvalue weighted by Crippen LogP contribution is -2.37. The van der Waals surface area contributed by atoms with E-state index in [1.54, 1.807) is 7.05 Å². The fourth-order valence-corrected chi connectivity index (χ4v) is 2.11. The second-order valence-corrected chi connectivity index (χ2v) is 5.97. The summed E-state index contributed by atoms with van der Waals surface area (Å²) in [5, 5.41) is 9.47. The van der Waals surface area contributed by atoms with Gasteiger partial charge in [-0.15, -0.1) is 0 Å². The summed E-state index contributed by atoms with van der Waals surface area (Å²) in [6.45, 7) is 5.16. The summed E-state index contributed by atoms with van der Waals surface area (Å²) in [5.74, 6) is 0.744. The number of rotatable bonds is 9. The number of hydrogen-bond donors (Lipinski definition) is 3. The van der Waals surface area contributed by atoms with E-state index in [1.165, 1.54) is 0 Å². The summed E-state index contributed by atoms with van der Waals surface area (Å²) in [4.78, 5) is 18.4. The first-order valence-electron chi connectivity index (χ1n) is 8.53. The topological polar surface area (TPSA) is 68.8 Å². The molecule has 1 aromatic rings. The smallest absolute Gasteiger partial charge is 0.251 e. The van der Waals surface area contributed by atoms with Crippen molar-refractivity contribution in [2.24, 2.45) is 4.99 Å². The highest BCUT2D eigenvalue weighted by Crippen LogP contribution is 2.05. The van der Waals surface area contributed by atoms with Crippen molar-refractivity contribution in [3.05, 3.63) is 35.4 Å². The highest BCUT2D eigenvalue weighted by molar-refractivity contribution is 5.94. The summed E-state index contributed by atoms with van der Waals surface area (Å²) in [7, 11) is 5.73. The van der Waals surface area contributed by atoms with Crippen molar-refractivity contribution in [1.82, 2.24) is 20.9 Å². The number of carbonyl (C=O) groups is 1. The van der Waals surface area contributed by atoms with E-state index in [2.05, 4.69) is 27.9 Å². The van der Waals surface area contributed by atoms with Gasteiger partial charge in [0, 0.05) is 38.8 Å². The lowest BCUT2D eigenvalue weighted by Gasteiger charge is -2.13. The summed E-state index contributed by atoms with van der Waals surface area (Å²) in [6.07, 6.45) is 2.26. The van der Waals surface area contributed by atoms with E-state index >= 15 is 0 Å². The monoisotopic (exact) mass is 333 g/mol. The van der Waals surface area contributed by atoms with E-state index in [-0.39, 0.29) is 5.91 Å². The lowest BCUT2D eigenvalue weighted by atomic mass is 10.1. The number of hydrogen-bond acceptors (Lipinski definition) is 3. The molecule has 0 bridgehead atoms. The fourth-order valence-electron chi connectivity index (χ4n) is 2.11. The van der Waals surface area contributed by atoms with Crippen molar-refractivity contribution in [2.75, 3.05) is 40.8 Å². The minimum Gasteiger partial charge on any atom is -0.356 e. The van der Waals surface area contributed by atoms with Gasteiger partial charge in [-0.05, 0) is 38.2 Å². The zero-order valence-corrected chi connectivity index (χ0v) is 15.4. The molecule has 0 radical (unpaired) electrons. The molecule has 0 aliphatic heterocycles. The number of amides is 1. The summed E-state index contributed by atoms with van der Waals surface area (Å²) in [6, 6.07) is 7.66. The maximum absolute atomic E-state index is 12.2. The molecule has 6 nitrogen and oxygen atoms in total. The molecule has 0 saturated heterocycles. The van der Waals surface area contributed by atoms with Crippen molar-refractivity contribution in [3.63, 3.8) is 0 Å². The van der Waals surface area contributed by atoms with Crippen LogP contribution in [0.5, 0.6) is 0 Å². The number of aliphatic imine (C=N–C) groups is 1. The molecule has 1 aromatic carbocycles. The SMILES string of the molecule is CCCCNC(=NC)NCc1cccc(C(=O)NCCN(C)C)c1. The van der Waals surface area contributed by atoms with E-state index in [0.29, 0.717) is 18.7 Å². The van der Waals surface area contributed by atoms with Crippen LogP contribution < -0.4 is 16.0 Å². The van der Waals surface area contributed by atoms with Crippen LogP contribution in [0.4, 0.5) is 0 Å². The quantitative estimate of drug-likeness (QED) is 0.363. The third-order valence-corrected chi connectivity index (χ3v) is 3.54. The molecule has 0 heterocycles. The van der Waals surface area contributed by atoms with Gasteiger partial charge < -0.3 is 20.9 Å². The van der Waals surface area contributed by atoms with E-state index in [9.17, 15) is 4.79 Å². The molecule has 1 rings (SSSR count). The van der Waals surface area contributed by atoms with Crippen LogP contribution in [0, 0.1) is 0 Å². The first-order chi connectivity index (χ1) is 11.6. The van der Waals surface area contributed by atoms with Crippen LogP contribution in [0.1, 0.15) is 35.7 Å². The Morgan fingerprint density at radius 3 is 2.62 bits per heavy atom. The van der Waals surface area contributed by atoms with Crippen LogP contribution in [0.15, 0.2) is 29.3 Å². The van der Waals surface area contributed by atoms with Crippen molar-refractivity contribution < 1.29 is 4.79 Å². The van der Waals surface area contributed by atoms with E-state index < -0.39 is 0 Å². The van der Waals surface area contributed by atoms with Crippen molar-refractivity contribution in [3.8, 4) is 0 Å². The van der Waals surface area contributed by atoms with Crippen molar-refractivity contribution in [2.45, 2.75) is 26.3 Å². The normalized spacial score (nSPS) is 11.5. The van der Waals surface area contributed by atoms with Crippen LogP contribution in [-0.4, -0.2) is 57.5 Å². The number of benzene rings is 1. The first kappa shape index (κ1) is 20.0. The Morgan fingerprint density at radius 1 is 1.17 bits per heavy atom. The molecule has 0 fully saturated rings. The van der Waals surface area contributed by atoms with Crippen LogP contribution in [-0.2, 0) is 6.54 Å². The maximum Gasteiger partial charge on any atom is 0.251 e. The molecule has 6 heteroatoms. The van der Waals surface area contributed by atoms with Gasteiger partial charge in [0.1, 0.15) is 0 Å². The predicted molar refractivity (Wildman–Crippen MR) is 100 cm³/mol. The average Bonchev–Trinajstić information content (AvgIpc) is 2.58. The maximum atomic E-state index is 12.2. The summed E-state index contributed by atoms with van der Waals surface area (Å²) >= 11 is 0. The molecule has 0 saturated carbocycles. The Hall–Kier alpha value is -2.08. The molecule has 0 atom stereocenters. The number of unbranched alkanes of at least 4 members (excludes halogenated alkanes) is 1. The minimum absolute atomic E-state index is 0.0378. The molecule has 3 N–H and O–H groups in total. The van der Waals surface area contributed by atoms with Gasteiger partial charge in [0.15, 0.2) is 5.96 Å². The van der Waals surface area contributed by atoms with Crippen LogP contribution in [0.2, 0.25) is 0 Å². The largest absolute Gasteiger partial charge is 0.356 e. The van der Waals surface area contributed by atoms with Crippen molar-refractivity contribution >= 4 is 11.9 Å². The van der Waals surface area contributed by atoms with Gasteiger partial charge in [0.05, 0.1) is 0 Å². The minimum atomic E-state index is -0.0378. The van der Waals surface area contributed by atoms with Crippen LogP contribution >= 0.6 is 0 Å². The number of guanidine groups is 1. The van der Waals surface area contributed by atoms with Crippen LogP contribution in [0.3, 0.4) is 0 Å². The fraction of sp³-hybridized carbons (Fsp3) is 0.556. The molecule has 1 amide bonds. The molecule has 0 spiro atoms. The van der Waals surface area contributed by atoms with Crippen molar-refractivity contribution in [1.29, 1.82) is 0 Å². The lowest BCUT2D eigenvalue weighted by molar-refractivity contribution is 0.0951. The average molecular weight is 333 g/mol. The third-order valence-electron chi connectivity index (χ3n) is 3.54. The van der Waals surface area contributed by atoms with Gasteiger partial charge in [-0.3, -0.25) is 9.79 Å². The molecule has 134 valence electrons. The first-order valence-corrected chi connectivity index (χ1v) is 8.53. The zero-order chi connectivity index (χ0) is 17.8. The van der Waals surface area contributed by atoms with E-state index in [0.717, 1.165) is 37.5 Å². The zero-order valence-electron chi connectivity index (χ0n) is 15.4. The Labute approximate surface area is 145 Å². The van der Waals surface area contributed by atoms with Gasteiger partial charge in [0.2, 0.25) is 0 Å². The van der Waals surface area contributed by atoms with Crippen LogP contribution in [0.25, 0.3) is 0 Å². The van der Waals surface area contributed by atoms with Gasteiger partial charge in [-0.25, -0.2) is 0 Å². The summed E-state index contributed by atoms with van der Waals surface area (Å²) in [5.41, 5.74) is 1.73. The summed E-state index contributed by atoms with van der Waals surface area (Å²) < 4.78 is 0. The second kappa shape index (κ2) is 11.5. The highest BCUT2D eigenvalue weighted by Gasteiger charge is 2.06. The molecular weight excluding hydrogens is 302 g/mol. The number of carbonyl (C=O) groups excluding carboxylic acids is 1. The molecule has 0 aliphatic carbocycles. The molecule has 0 aromatic heterocycles. The third kappa shape index (κ3) is 7.97. The second-order valence-electron chi connectivity index (χ2n) is 5.97. The highest BCUT2D eigenvalue weighted by atomic mass is 16.1. The van der Waals surface area contributed by atoms with Gasteiger partial charge in [0.25, 0.3) is 5.91 Å². The van der Waals surface area contributed by atoms with Gasteiger partial charge in [-0.1, -0.05) is 25.5 Å². The Kier molecular flexibility index (Phi) is 9.53. The molecule has 0 aliphatic rings. The molecule has 24 heavy (non-hydrogen) atoms. The van der Waals surface area contributed by atoms with E-state index in [4.69, 9.17) is 0 Å². The number of likely N-dealkylation sites (N-methyl/N-ethyl adjacent to an activating group) is 1. The predicted octanol–water partition coefficient (Wildman–Crippen LogP) is 1.44. The number of nitrogens with one attached hydrogen (secondary N) is 3. The number of nitrogens with zero attached hydrogens (tertiary/aromatic N) is 2. The van der Waals surface area contributed by atoms with E-state index in [1.807, 2.05) is 43.3 Å².